The van der Waals surface area contributed by atoms with E-state index in [2.05, 4.69) is 15.9 Å². The molecular formula is C10H12BrClO2. The topological polar surface area (TPSA) is 18.5 Å². The van der Waals surface area contributed by atoms with Crippen molar-refractivity contribution in [3.63, 3.8) is 0 Å². The van der Waals surface area contributed by atoms with Crippen LogP contribution >= 0.6 is 27.5 Å². The number of hydrogen-bond acceptors (Lipinski definition) is 2. The lowest BCUT2D eigenvalue weighted by atomic mass is 10.1. The molecule has 78 valence electrons. The van der Waals surface area contributed by atoms with E-state index in [1.54, 1.807) is 14.2 Å². The van der Waals surface area contributed by atoms with E-state index in [0.717, 1.165) is 10.0 Å². The third-order valence-corrected chi connectivity index (χ3v) is 2.93. The summed E-state index contributed by atoms with van der Waals surface area (Å²) in [5.41, 5.74) is 1.08. The molecule has 0 atom stereocenters. The molecule has 1 rings (SSSR count). The predicted molar refractivity (Wildman–Crippen MR) is 60.7 cm³/mol. The van der Waals surface area contributed by atoms with Gasteiger partial charge in [0.15, 0.2) is 6.29 Å². The van der Waals surface area contributed by atoms with E-state index in [-0.39, 0.29) is 6.29 Å². The van der Waals surface area contributed by atoms with Crippen LogP contribution in [0.5, 0.6) is 0 Å². The first-order valence-electron chi connectivity index (χ1n) is 4.17. The lowest BCUT2D eigenvalue weighted by Crippen LogP contribution is -2.16. The number of halogens is 2. The molecule has 1 aromatic carbocycles. The second-order valence-electron chi connectivity index (χ2n) is 2.84. The van der Waals surface area contributed by atoms with Crippen LogP contribution in [0.1, 0.15) is 5.56 Å². The number of hydrogen-bond donors (Lipinski definition) is 0. The van der Waals surface area contributed by atoms with Crippen LogP contribution in [0.25, 0.3) is 0 Å². The number of rotatable bonds is 4. The van der Waals surface area contributed by atoms with Crippen molar-refractivity contribution >= 4 is 27.5 Å². The number of methoxy groups -OCH3 is 2. The number of ether oxygens (including phenoxy) is 2. The maximum atomic E-state index is 5.88. The van der Waals surface area contributed by atoms with Crippen molar-refractivity contribution in [2.24, 2.45) is 0 Å². The Morgan fingerprint density at radius 3 is 2.57 bits per heavy atom. The van der Waals surface area contributed by atoms with Crippen molar-refractivity contribution in [2.75, 3.05) is 14.2 Å². The van der Waals surface area contributed by atoms with Crippen molar-refractivity contribution in [2.45, 2.75) is 12.7 Å². The Kier molecular flexibility index (Phi) is 4.89. The maximum Gasteiger partial charge on any atom is 0.160 e. The molecule has 0 saturated carbocycles. The first-order valence-corrected chi connectivity index (χ1v) is 5.34. The molecule has 14 heavy (non-hydrogen) atoms. The maximum absolute atomic E-state index is 5.88. The second kappa shape index (κ2) is 5.71. The Morgan fingerprint density at radius 2 is 2.00 bits per heavy atom. The summed E-state index contributed by atoms with van der Waals surface area (Å²) in [7, 11) is 3.24. The molecule has 0 N–H and O–H groups in total. The molecule has 0 radical (unpaired) electrons. The van der Waals surface area contributed by atoms with Gasteiger partial charge >= 0.3 is 0 Å². The average Bonchev–Trinajstić information content (AvgIpc) is 2.19. The summed E-state index contributed by atoms with van der Waals surface area (Å²) >= 11 is 9.33. The van der Waals surface area contributed by atoms with Crippen LogP contribution in [-0.4, -0.2) is 20.5 Å². The first-order chi connectivity index (χ1) is 6.67. The molecular weight excluding hydrogens is 267 g/mol. The molecule has 0 aromatic heterocycles. The highest BCUT2D eigenvalue weighted by Crippen LogP contribution is 2.22. The van der Waals surface area contributed by atoms with E-state index in [4.69, 9.17) is 21.1 Å². The van der Waals surface area contributed by atoms with E-state index in [9.17, 15) is 0 Å². The second-order valence-corrected chi connectivity index (χ2v) is 4.13. The molecule has 0 aliphatic rings. The highest BCUT2D eigenvalue weighted by Gasteiger charge is 2.09. The number of benzene rings is 1. The van der Waals surface area contributed by atoms with Crippen molar-refractivity contribution in [3.05, 3.63) is 33.3 Å². The monoisotopic (exact) mass is 278 g/mol. The zero-order valence-corrected chi connectivity index (χ0v) is 10.4. The molecule has 0 unspecified atom stereocenters. The molecule has 4 heteroatoms. The Morgan fingerprint density at radius 1 is 1.36 bits per heavy atom. The van der Waals surface area contributed by atoms with Gasteiger partial charge in [0.25, 0.3) is 0 Å². The molecule has 2 nitrogen and oxygen atoms in total. The van der Waals surface area contributed by atoms with E-state index in [0.29, 0.717) is 11.4 Å². The highest BCUT2D eigenvalue weighted by molar-refractivity contribution is 9.10. The molecule has 0 bridgehead atoms. The molecule has 1 aromatic rings. The summed E-state index contributed by atoms with van der Waals surface area (Å²) in [6.45, 7) is 0. The van der Waals surface area contributed by atoms with Gasteiger partial charge in [-0.1, -0.05) is 27.5 Å². The Labute approximate surface area is 97.3 Å². The van der Waals surface area contributed by atoms with Gasteiger partial charge in [0.05, 0.1) is 0 Å². The summed E-state index contributed by atoms with van der Waals surface area (Å²) in [6, 6.07) is 5.65. The highest BCUT2D eigenvalue weighted by atomic mass is 79.9. The molecule has 0 fully saturated rings. The first kappa shape index (κ1) is 12.0. The molecule has 0 aliphatic carbocycles. The van der Waals surface area contributed by atoms with Gasteiger partial charge in [-0.2, -0.15) is 0 Å². The Hall–Kier alpha value is -0.0900. The van der Waals surface area contributed by atoms with Crippen LogP contribution in [0.15, 0.2) is 22.7 Å². The van der Waals surface area contributed by atoms with Crippen LogP contribution in [0.4, 0.5) is 0 Å². The quantitative estimate of drug-likeness (QED) is 0.788. The summed E-state index contributed by atoms with van der Waals surface area (Å²) in [6.07, 6.45) is 0.443. The third-order valence-electron chi connectivity index (χ3n) is 1.92. The lowest BCUT2D eigenvalue weighted by molar-refractivity contribution is -0.100. The average molecular weight is 280 g/mol. The van der Waals surface area contributed by atoms with Crippen LogP contribution in [0, 0.1) is 0 Å². The van der Waals surface area contributed by atoms with Gasteiger partial charge in [0, 0.05) is 30.1 Å². The van der Waals surface area contributed by atoms with Crippen molar-refractivity contribution in [3.8, 4) is 0 Å². The summed E-state index contributed by atoms with van der Waals surface area (Å²) < 4.78 is 11.2. The van der Waals surface area contributed by atoms with Gasteiger partial charge in [0.2, 0.25) is 0 Å². The smallest absolute Gasteiger partial charge is 0.160 e. The fraction of sp³-hybridized carbons (Fsp3) is 0.400. The van der Waals surface area contributed by atoms with Gasteiger partial charge in [-0.3, -0.25) is 0 Å². The van der Waals surface area contributed by atoms with Gasteiger partial charge in [0.1, 0.15) is 0 Å². The summed E-state index contributed by atoms with van der Waals surface area (Å²) in [4.78, 5) is 0. The molecule has 0 amide bonds. The summed E-state index contributed by atoms with van der Waals surface area (Å²) in [5.74, 6) is 0. The minimum absolute atomic E-state index is 0.232. The minimum atomic E-state index is -0.232. The minimum Gasteiger partial charge on any atom is -0.356 e. The van der Waals surface area contributed by atoms with Crippen molar-refractivity contribution in [1.29, 1.82) is 0 Å². The zero-order valence-electron chi connectivity index (χ0n) is 8.09. The molecule has 0 spiro atoms. The van der Waals surface area contributed by atoms with Gasteiger partial charge < -0.3 is 9.47 Å². The molecule has 0 saturated heterocycles. The van der Waals surface area contributed by atoms with Crippen molar-refractivity contribution in [1.82, 2.24) is 0 Å². The van der Waals surface area contributed by atoms with E-state index in [1.165, 1.54) is 0 Å². The Balaban J connectivity index is 2.79. The zero-order chi connectivity index (χ0) is 10.6. The fourth-order valence-corrected chi connectivity index (χ4v) is 1.75. The molecule has 0 heterocycles. The van der Waals surface area contributed by atoms with Crippen LogP contribution < -0.4 is 0 Å². The summed E-state index contributed by atoms with van der Waals surface area (Å²) in [5, 5.41) is 0.717. The van der Waals surface area contributed by atoms with Gasteiger partial charge in [-0.05, 0) is 23.8 Å². The SMILES string of the molecule is COC(Cc1cc(Cl)ccc1Br)OC. The third kappa shape index (κ3) is 3.24. The van der Waals surface area contributed by atoms with Crippen LogP contribution in [-0.2, 0) is 15.9 Å². The lowest BCUT2D eigenvalue weighted by Gasteiger charge is -2.14. The van der Waals surface area contributed by atoms with Crippen molar-refractivity contribution < 1.29 is 9.47 Å². The van der Waals surface area contributed by atoms with Gasteiger partial charge in [-0.15, -0.1) is 0 Å². The van der Waals surface area contributed by atoms with Crippen LogP contribution in [0.2, 0.25) is 5.02 Å². The standard InChI is InChI=1S/C10H12BrClO2/c1-13-10(14-2)6-7-5-8(12)3-4-9(7)11/h3-5,10H,6H2,1-2H3. The van der Waals surface area contributed by atoms with E-state index >= 15 is 0 Å². The normalized spacial score (nSPS) is 10.9. The largest absolute Gasteiger partial charge is 0.356 e. The Bertz CT molecular complexity index is 300. The van der Waals surface area contributed by atoms with E-state index in [1.807, 2.05) is 18.2 Å². The van der Waals surface area contributed by atoms with Crippen LogP contribution in [0.3, 0.4) is 0 Å². The fourth-order valence-electron chi connectivity index (χ4n) is 1.14. The van der Waals surface area contributed by atoms with Gasteiger partial charge in [-0.25, -0.2) is 0 Å². The molecule has 0 aliphatic heterocycles. The predicted octanol–water partition coefficient (Wildman–Crippen LogP) is 3.26. The van der Waals surface area contributed by atoms with E-state index < -0.39 is 0 Å².